The van der Waals surface area contributed by atoms with Gasteiger partial charge < -0.3 is 5.73 Å². The van der Waals surface area contributed by atoms with Crippen LogP contribution >= 0.6 is 11.6 Å². The molecule has 9 heteroatoms. The Balaban J connectivity index is 1.67. The molecule has 0 aliphatic carbocycles. The normalized spacial score (nSPS) is 21.5. The van der Waals surface area contributed by atoms with Crippen LogP contribution in [0.15, 0.2) is 47.6 Å². The molecule has 1 aromatic carbocycles. The van der Waals surface area contributed by atoms with E-state index < -0.39 is 10.0 Å². The molecule has 26 heavy (non-hydrogen) atoms. The zero-order valence-electron chi connectivity index (χ0n) is 14.1. The van der Waals surface area contributed by atoms with Crippen molar-refractivity contribution in [3.05, 3.63) is 59.0 Å². The molecule has 0 radical (unpaired) electrons. The lowest BCUT2D eigenvalue weighted by Crippen LogP contribution is -2.32. The summed E-state index contributed by atoms with van der Waals surface area (Å²) in [6.07, 6.45) is 2.76. The predicted molar refractivity (Wildman–Crippen MR) is 98.7 cm³/mol. The van der Waals surface area contributed by atoms with Crippen LogP contribution in [0.4, 0.5) is 0 Å². The number of nitrogens with two attached hydrogens (primary N) is 1. The van der Waals surface area contributed by atoms with Crippen LogP contribution in [0.2, 0.25) is 5.02 Å². The summed E-state index contributed by atoms with van der Waals surface area (Å²) in [5.74, 6) is -0.0379. The summed E-state index contributed by atoms with van der Waals surface area (Å²) < 4.78 is 28.9. The van der Waals surface area contributed by atoms with Crippen LogP contribution < -0.4 is 5.73 Å². The Labute approximate surface area is 156 Å². The average Bonchev–Trinajstić information content (AvgIpc) is 3.16. The monoisotopic (exact) mass is 391 g/mol. The van der Waals surface area contributed by atoms with Gasteiger partial charge in [-0.2, -0.15) is 9.40 Å². The fourth-order valence-electron chi connectivity index (χ4n) is 3.32. The van der Waals surface area contributed by atoms with Gasteiger partial charge in [-0.05, 0) is 12.5 Å². The standard InChI is InChI=1S/C17H18ClN5O2S/c1-11-16(18)17-20-7-13(8-23(17)21-11)26(24,25)22-9-14(15(19)10-22)12-5-3-2-4-6-12/h2-8,14-15H,9-10,19H2,1H3/t14-,15+/m0/s1. The van der Waals surface area contributed by atoms with Gasteiger partial charge in [-0.1, -0.05) is 41.9 Å². The number of aromatic nitrogens is 3. The first-order valence-corrected chi connectivity index (χ1v) is 10.0. The third-order valence-corrected chi connectivity index (χ3v) is 6.98. The van der Waals surface area contributed by atoms with E-state index >= 15 is 0 Å². The number of hydrogen-bond acceptors (Lipinski definition) is 5. The Bertz CT molecular complexity index is 1070. The van der Waals surface area contributed by atoms with E-state index in [4.69, 9.17) is 17.3 Å². The Morgan fingerprint density at radius 1 is 1.23 bits per heavy atom. The minimum Gasteiger partial charge on any atom is -0.326 e. The Morgan fingerprint density at radius 2 is 1.96 bits per heavy atom. The number of benzene rings is 1. The lowest BCUT2D eigenvalue weighted by Gasteiger charge is -2.16. The van der Waals surface area contributed by atoms with Crippen LogP contribution in [0.1, 0.15) is 17.2 Å². The SMILES string of the molecule is Cc1nn2cc(S(=O)(=O)N3C[C@@H](N)[C@H](c4ccccc4)C3)cnc2c1Cl. The molecule has 2 N–H and O–H groups in total. The highest BCUT2D eigenvalue weighted by Crippen LogP contribution is 2.30. The zero-order chi connectivity index (χ0) is 18.5. The van der Waals surface area contributed by atoms with Crippen molar-refractivity contribution in [2.75, 3.05) is 13.1 Å². The number of sulfonamides is 1. The van der Waals surface area contributed by atoms with Crippen LogP contribution in [0, 0.1) is 6.92 Å². The van der Waals surface area contributed by atoms with Gasteiger partial charge >= 0.3 is 0 Å². The smallest absolute Gasteiger partial charge is 0.246 e. The summed E-state index contributed by atoms with van der Waals surface area (Å²) in [6, 6.07) is 9.48. The van der Waals surface area contributed by atoms with Crippen molar-refractivity contribution in [2.24, 2.45) is 5.73 Å². The van der Waals surface area contributed by atoms with E-state index in [0.29, 0.717) is 22.9 Å². The van der Waals surface area contributed by atoms with Crippen LogP contribution in [0.5, 0.6) is 0 Å². The van der Waals surface area contributed by atoms with E-state index in [2.05, 4.69) is 10.1 Å². The molecule has 1 fully saturated rings. The van der Waals surface area contributed by atoms with Gasteiger partial charge in [0.25, 0.3) is 0 Å². The molecule has 3 heterocycles. The summed E-state index contributed by atoms with van der Waals surface area (Å²) in [4.78, 5) is 4.24. The fraction of sp³-hybridized carbons (Fsp3) is 0.294. The lowest BCUT2D eigenvalue weighted by atomic mass is 9.95. The molecule has 136 valence electrons. The number of halogens is 1. The molecule has 4 rings (SSSR count). The predicted octanol–water partition coefficient (Wildman–Crippen LogP) is 1.81. The van der Waals surface area contributed by atoms with Crippen LogP contribution in [-0.4, -0.2) is 46.5 Å². The van der Waals surface area contributed by atoms with Gasteiger partial charge in [0.2, 0.25) is 10.0 Å². The van der Waals surface area contributed by atoms with Gasteiger partial charge in [0.05, 0.1) is 18.1 Å². The van der Waals surface area contributed by atoms with Crippen LogP contribution in [0.3, 0.4) is 0 Å². The lowest BCUT2D eigenvalue weighted by molar-refractivity contribution is 0.469. The maximum Gasteiger partial charge on any atom is 0.246 e. The molecule has 0 saturated carbocycles. The number of fused-ring (bicyclic) bond motifs is 1. The van der Waals surface area contributed by atoms with E-state index in [-0.39, 0.29) is 23.4 Å². The average molecular weight is 392 g/mol. The van der Waals surface area contributed by atoms with Crippen molar-refractivity contribution in [3.63, 3.8) is 0 Å². The quantitative estimate of drug-likeness (QED) is 0.734. The summed E-state index contributed by atoms with van der Waals surface area (Å²) >= 11 is 6.12. The summed E-state index contributed by atoms with van der Waals surface area (Å²) in [5.41, 5.74) is 8.31. The summed E-state index contributed by atoms with van der Waals surface area (Å²) in [7, 11) is -3.72. The van der Waals surface area contributed by atoms with Gasteiger partial charge in [-0.3, -0.25) is 0 Å². The number of aryl methyl sites for hydroxylation is 1. The van der Waals surface area contributed by atoms with E-state index in [1.54, 1.807) is 6.92 Å². The first kappa shape index (κ1) is 17.4. The van der Waals surface area contributed by atoms with Crippen LogP contribution in [-0.2, 0) is 10.0 Å². The number of rotatable bonds is 3. The maximum absolute atomic E-state index is 13.0. The molecule has 2 atom stereocenters. The molecule has 0 unspecified atom stereocenters. The highest BCUT2D eigenvalue weighted by molar-refractivity contribution is 7.89. The van der Waals surface area contributed by atoms with Gasteiger partial charge in [-0.15, -0.1) is 0 Å². The van der Waals surface area contributed by atoms with E-state index in [1.165, 1.54) is 21.2 Å². The van der Waals surface area contributed by atoms with Gasteiger partial charge in [0.1, 0.15) is 9.92 Å². The van der Waals surface area contributed by atoms with E-state index in [0.717, 1.165) is 5.56 Å². The van der Waals surface area contributed by atoms with Crippen molar-refractivity contribution < 1.29 is 8.42 Å². The fourth-order valence-corrected chi connectivity index (χ4v) is 4.94. The van der Waals surface area contributed by atoms with Gasteiger partial charge in [0.15, 0.2) is 5.65 Å². The largest absolute Gasteiger partial charge is 0.326 e. The maximum atomic E-state index is 13.0. The highest BCUT2D eigenvalue weighted by atomic mass is 35.5. The van der Waals surface area contributed by atoms with E-state index in [1.807, 2.05) is 30.3 Å². The molecule has 1 aliphatic rings. The molecule has 1 aliphatic heterocycles. The molecule has 7 nitrogen and oxygen atoms in total. The third-order valence-electron chi connectivity index (χ3n) is 4.75. The number of hydrogen-bond donors (Lipinski definition) is 1. The Morgan fingerprint density at radius 3 is 2.69 bits per heavy atom. The molecular weight excluding hydrogens is 374 g/mol. The molecule has 0 spiro atoms. The van der Waals surface area contributed by atoms with Gasteiger partial charge in [-0.25, -0.2) is 17.9 Å². The van der Waals surface area contributed by atoms with Crippen molar-refractivity contribution in [1.29, 1.82) is 0 Å². The minimum absolute atomic E-state index is 0.0379. The second-order valence-corrected chi connectivity index (χ2v) is 8.78. The highest BCUT2D eigenvalue weighted by Gasteiger charge is 2.38. The second kappa shape index (κ2) is 6.31. The Hall–Kier alpha value is -2.00. The minimum atomic E-state index is -3.72. The zero-order valence-corrected chi connectivity index (χ0v) is 15.7. The molecule has 0 bridgehead atoms. The molecule has 3 aromatic rings. The van der Waals surface area contributed by atoms with Gasteiger partial charge in [0, 0.05) is 25.0 Å². The Kier molecular flexibility index (Phi) is 4.23. The number of nitrogens with zero attached hydrogens (tertiary/aromatic N) is 4. The first-order chi connectivity index (χ1) is 12.4. The first-order valence-electron chi connectivity index (χ1n) is 8.19. The molecule has 1 saturated heterocycles. The topological polar surface area (TPSA) is 93.6 Å². The van der Waals surface area contributed by atoms with Crippen molar-refractivity contribution in [2.45, 2.75) is 23.8 Å². The molecule has 0 amide bonds. The third kappa shape index (κ3) is 2.79. The second-order valence-electron chi connectivity index (χ2n) is 6.46. The van der Waals surface area contributed by atoms with E-state index in [9.17, 15) is 8.42 Å². The molecular formula is C17H18ClN5O2S. The summed E-state index contributed by atoms with van der Waals surface area (Å²) in [5, 5.41) is 4.62. The van der Waals surface area contributed by atoms with Crippen molar-refractivity contribution in [3.8, 4) is 0 Å². The molecule has 2 aromatic heterocycles. The van der Waals surface area contributed by atoms with Crippen LogP contribution in [0.25, 0.3) is 5.65 Å². The van der Waals surface area contributed by atoms with Crippen molar-refractivity contribution in [1.82, 2.24) is 18.9 Å². The summed E-state index contributed by atoms with van der Waals surface area (Å²) in [6.45, 7) is 2.35. The van der Waals surface area contributed by atoms with Crippen molar-refractivity contribution >= 4 is 27.3 Å².